The first-order chi connectivity index (χ1) is 13.4. The van der Waals surface area contributed by atoms with E-state index in [9.17, 15) is 13.2 Å². The van der Waals surface area contributed by atoms with Crippen LogP contribution in [-0.2, 0) is 6.18 Å². The summed E-state index contributed by atoms with van der Waals surface area (Å²) in [5, 5.41) is 0.937. The number of ether oxygens (including phenoxy) is 1. The molecule has 0 spiro atoms. The molecule has 0 amide bonds. The first kappa shape index (κ1) is 18.9. The van der Waals surface area contributed by atoms with Crippen LogP contribution < -0.4 is 14.5 Å². The van der Waals surface area contributed by atoms with E-state index in [4.69, 9.17) is 9.72 Å². The first-order valence-corrected chi connectivity index (χ1v) is 9.96. The van der Waals surface area contributed by atoms with Crippen molar-refractivity contribution < 1.29 is 17.9 Å². The van der Waals surface area contributed by atoms with Gasteiger partial charge in [0.25, 0.3) is 0 Å². The van der Waals surface area contributed by atoms with Crippen LogP contribution in [0.25, 0.3) is 10.2 Å². The van der Waals surface area contributed by atoms with E-state index in [0.717, 1.165) is 27.2 Å². The Morgan fingerprint density at radius 1 is 1.04 bits per heavy atom. The summed E-state index contributed by atoms with van der Waals surface area (Å²) >= 11 is 1.61. The molecule has 0 atom stereocenters. The van der Waals surface area contributed by atoms with Crippen molar-refractivity contribution in [3.8, 4) is 5.75 Å². The third-order valence-corrected chi connectivity index (χ3v) is 5.83. The lowest BCUT2D eigenvalue weighted by atomic mass is 10.1. The predicted octanol–water partition coefficient (Wildman–Crippen LogP) is 5.04. The lowest BCUT2D eigenvalue weighted by molar-refractivity contribution is -0.137. The molecule has 0 saturated carbocycles. The monoisotopic (exact) mass is 407 g/mol. The maximum atomic E-state index is 13.0. The number of nitrogens with zero attached hydrogens (tertiary/aromatic N) is 3. The molecular weight excluding hydrogens is 387 g/mol. The molecule has 0 radical (unpaired) electrons. The van der Waals surface area contributed by atoms with Crippen LogP contribution in [0.15, 0.2) is 42.5 Å². The van der Waals surface area contributed by atoms with Crippen LogP contribution in [0.3, 0.4) is 0 Å². The molecule has 0 aliphatic carbocycles. The Bertz CT molecular complexity index is 965. The second-order valence-corrected chi connectivity index (χ2v) is 7.59. The lowest BCUT2D eigenvalue weighted by Crippen LogP contribution is -2.46. The van der Waals surface area contributed by atoms with Gasteiger partial charge in [0, 0.05) is 31.9 Å². The fourth-order valence-corrected chi connectivity index (χ4v) is 4.37. The Kier molecular flexibility index (Phi) is 5.05. The fourth-order valence-electron chi connectivity index (χ4n) is 3.32. The molecular formula is C20H20F3N3OS. The Hall–Kier alpha value is -2.48. The summed E-state index contributed by atoms with van der Waals surface area (Å²) in [5.74, 6) is 0.833. The normalized spacial score (nSPS) is 15.3. The molecule has 0 bridgehead atoms. The van der Waals surface area contributed by atoms with Crippen molar-refractivity contribution in [2.45, 2.75) is 13.1 Å². The number of hydrogen-bond acceptors (Lipinski definition) is 5. The van der Waals surface area contributed by atoms with Gasteiger partial charge in [0.05, 0.1) is 22.4 Å². The van der Waals surface area contributed by atoms with Gasteiger partial charge in [0.15, 0.2) is 5.13 Å². The molecule has 4 rings (SSSR count). The van der Waals surface area contributed by atoms with Gasteiger partial charge in [-0.2, -0.15) is 13.2 Å². The van der Waals surface area contributed by atoms with Crippen molar-refractivity contribution in [3.63, 3.8) is 0 Å². The molecule has 1 fully saturated rings. The van der Waals surface area contributed by atoms with Gasteiger partial charge >= 0.3 is 6.18 Å². The van der Waals surface area contributed by atoms with E-state index in [1.165, 1.54) is 12.1 Å². The van der Waals surface area contributed by atoms with Gasteiger partial charge in [-0.25, -0.2) is 4.98 Å². The van der Waals surface area contributed by atoms with Crippen LogP contribution in [0.5, 0.6) is 5.75 Å². The third kappa shape index (κ3) is 3.87. The molecule has 1 aliphatic rings. The fraction of sp³-hybridized carbons (Fsp3) is 0.350. The topological polar surface area (TPSA) is 28.6 Å². The molecule has 4 nitrogen and oxygen atoms in total. The van der Waals surface area contributed by atoms with Gasteiger partial charge in [0.1, 0.15) is 5.75 Å². The van der Waals surface area contributed by atoms with E-state index in [2.05, 4.69) is 4.90 Å². The zero-order valence-electron chi connectivity index (χ0n) is 15.4. The Morgan fingerprint density at radius 3 is 2.50 bits per heavy atom. The van der Waals surface area contributed by atoms with Gasteiger partial charge < -0.3 is 14.5 Å². The summed E-state index contributed by atoms with van der Waals surface area (Å²) in [6, 6.07) is 11.4. The molecule has 1 saturated heterocycles. The van der Waals surface area contributed by atoms with Crippen molar-refractivity contribution in [2.75, 3.05) is 42.6 Å². The van der Waals surface area contributed by atoms with E-state index in [1.54, 1.807) is 17.4 Å². The van der Waals surface area contributed by atoms with E-state index < -0.39 is 11.7 Å². The van der Waals surface area contributed by atoms with Gasteiger partial charge in [-0.3, -0.25) is 0 Å². The number of anilines is 2. The van der Waals surface area contributed by atoms with Crippen molar-refractivity contribution in [1.82, 2.24) is 4.98 Å². The highest BCUT2D eigenvalue weighted by atomic mass is 32.1. The average molecular weight is 407 g/mol. The number of aromatic nitrogens is 1. The number of hydrogen-bond donors (Lipinski definition) is 0. The molecule has 1 aromatic heterocycles. The SMILES string of the molecule is CCOc1ccc2nc(N3CCN(c4cccc(C(F)(F)F)c4)CC3)sc2c1. The molecule has 2 heterocycles. The van der Waals surface area contributed by atoms with Crippen molar-refractivity contribution in [1.29, 1.82) is 0 Å². The van der Waals surface area contributed by atoms with Crippen LogP contribution in [0.4, 0.5) is 24.0 Å². The number of rotatable bonds is 4. The van der Waals surface area contributed by atoms with E-state index in [-0.39, 0.29) is 0 Å². The largest absolute Gasteiger partial charge is 0.494 e. The quantitative estimate of drug-likeness (QED) is 0.606. The molecule has 2 aromatic carbocycles. The highest BCUT2D eigenvalue weighted by Crippen LogP contribution is 2.34. The molecule has 1 aliphatic heterocycles. The maximum absolute atomic E-state index is 13.0. The first-order valence-electron chi connectivity index (χ1n) is 9.14. The summed E-state index contributed by atoms with van der Waals surface area (Å²) in [6.07, 6.45) is -4.32. The zero-order valence-corrected chi connectivity index (χ0v) is 16.2. The number of fused-ring (bicyclic) bond motifs is 1. The van der Waals surface area contributed by atoms with Crippen LogP contribution in [0.2, 0.25) is 0 Å². The summed E-state index contributed by atoms with van der Waals surface area (Å²) in [4.78, 5) is 8.89. The standard InChI is InChI=1S/C20H20F3N3OS/c1-2-27-16-6-7-17-18(13-16)28-19(24-17)26-10-8-25(9-11-26)15-5-3-4-14(12-15)20(21,22)23/h3-7,12-13H,2,8-11H2,1H3. The van der Waals surface area contributed by atoms with Crippen LogP contribution >= 0.6 is 11.3 Å². The van der Waals surface area contributed by atoms with Gasteiger partial charge in [-0.05, 0) is 43.3 Å². The average Bonchev–Trinajstić information content (AvgIpc) is 3.11. The van der Waals surface area contributed by atoms with Crippen molar-refractivity contribution in [3.05, 3.63) is 48.0 Å². The minimum atomic E-state index is -4.32. The molecule has 148 valence electrons. The Labute approximate surface area is 165 Å². The maximum Gasteiger partial charge on any atom is 0.416 e. The van der Waals surface area contributed by atoms with Gasteiger partial charge in [-0.15, -0.1) is 0 Å². The second-order valence-electron chi connectivity index (χ2n) is 6.58. The smallest absolute Gasteiger partial charge is 0.416 e. The molecule has 28 heavy (non-hydrogen) atoms. The number of piperazine rings is 1. The van der Waals surface area contributed by atoms with Crippen LogP contribution in [0, 0.1) is 0 Å². The summed E-state index contributed by atoms with van der Waals surface area (Å²) in [7, 11) is 0. The summed E-state index contributed by atoms with van der Waals surface area (Å²) < 4.78 is 45.5. The Balaban J connectivity index is 1.46. The van der Waals surface area contributed by atoms with Gasteiger partial charge in [-0.1, -0.05) is 17.4 Å². The third-order valence-electron chi connectivity index (χ3n) is 4.75. The van der Waals surface area contributed by atoms with Crippen molar-refractivity contribution >= 4 is 32.4 Å². The van der Waals surface area contributed by atoms with Gasteiger partial charge in [0.2, 0.25) is 0 Å². The summed E-state index contributed by atoms with van der Waals surface area (Å²) in [5.41, 5.74) is 0.938. The predicted molar refractivity (Wildman–Crippen MR) is 107 cm³/mol. The van der Waals surface area contributed by atoms with E-state index >= 15 is 0 Å². The van der Waals surface area contributed by atoms with Crippen LogP contribution in [0.1, 0.15) is 12.5 Å². The number of benzene rings is 2. The van der Waals surface area contributed by atoms with Crippen molar-refractivity contribution in [2.24, 2.45) is 0 Å². The molecule has 0 N–H and O–H groups in total. The lowest BCUT2D eigenvalue weighted by Gasteiger charge is -2.36. The highest BCUT2D eigenvalue weighted by Gasteiger charge is 2.31. The highest BCUT2D eigenvalue weighted by molar-refractivity contribution is 7.22. The molecule has 8 heteroatoms. The van der Waals surface area contributed by atoms with E-state index in [0.29, 0.717) is 38.5 Å². The zero-order chi connectivity index (χ0) is 19.7. The van der Waals surface area contributed by atoms with E-state index in [1.807, 2.05) is 30.0 Å². The second kappa shape index (κ2) is 7.50. The number of halogens is 3. The Morgan fingerprint density at radius 2 is 1.79 bits per heavy atom. The minimum absolute atomic E-state index is 0.608. The molecule has 3 aromatic rings. The minimum Gasteiger partial charge on any atom is -0.494 e. The number of alkyl halides is 3. The summed E-state index contributed by atoms with van der Waals surface area (Å²) in [6.45, 7) is 5.31. The number of thiazole rings is 1. The van der Waals surface area contributed by atoms with Crippen LogP contribution in [-0.4, -0.2) is 37.8 Å². The molecule has 0 unspecified atom stereocenters.